The van der Waals surface area contributed by atoms with Crippen LogP contribution >= 0.6 is 0 Å². The summed E-state index contributed by atoms with van der Waals surface area (Å²) in [6.45, 7) is 6.79. The molecule has 3 saturated carbocycles. The van der Waals surface area contributed by atoms with Crippen molar-refractivity contribution in [1.82, 2.24) is 0 Å². The van der Waals surface area contributed by atoms with Gasteiger partial charge in [0.2, 0.25) is 0 Å². The third-order valence-corrected chi connectivity index (χ3v) is 11.1. The molecule has 0 aromatic carbocycles. The SMILES string of the molecule is CC(=O)O[C@H]1CC[C@H]2[C@@H]3[C@@H](CCCCCCCCCCCO)CC4=CC(=O)CC[C@]4(C)[C@H]3CC[C@]12C. The molecule has 0 saturated heterocycles. The van der Waals surface area contributed by atoms with Crippen LogP contribution in [0.1, 0.15) is 130 Å². The van der Waals surface area contributed by atoms with E-state index >= 15 is 0 Å². The number of ether oxygens (including phenoxy) is 1. The van der Waals surface area contributed by atoms with Crippen LogP contribution in [0, 0.1) is 34.5 Å². The number of carbonyl (C=O) groups is 2. The second kappa shape index (κ2) is 12.1. The second-order valence-corrected chi connectivity index (χ2v) is 13.2. The zero-order valence-corrected chi connectivity index (χ0v) is 23.4. The van der Waals surface area contributed by atoms with E-state index in [2.05, 4.69) is 13.8 Å². The van der Waals surface area contributed by atoms with E-state index in [1.54, 1.807) is 6.92 Å². The van der Waals surface area contributed by atoms with Crippen LogP contribution < -0.4 is 0 Å². The number of unbranched alkanes of at least 4 members (excludes halogenated alkanes) is 8. The summed E-state index contributed by atoms with van der Waals surface area (Å²) in [6.07, 6.45) is 22.1. The van der Waals surface area contributed by atoms with Crippen LogP contribution in [0.15, 0.2) is 11.6 Å². The highest BCUT2D eigenvalue weighted by atomic mass is 16.5. The van der Waals surface area contributed by atoms with E-state index in [-0.39, 0.29) is 22.9 Å². The summed E-state index contributed by atoms with van der Waals surface area (Å²) in [5, 5.41) is 8.91. The molecule has 0 spiro atoms. The van der Waals surface area contributed by atoms with Crippen molar-refractivity contribution in [3.63, 3.8) is 0 Å². The molecule has 3 fully saturated rings. The molecule has 4 heteroatoms. The molecule has 1 N–H and O–H groups in total. The van der Waals surface area contributed by atoms with E-state index in [9.17, 15) is 9.59 Å². The average Bonchev–Trinajstić information content (AvgIpc) is 3.16. The van der Waals surface area contributed by atoms with E-state index < -0.39 is 0 Å². The molecule has 0 aliphatic heterocycles. The highest BCUT2D eigenvalue weighted by molar-refractivity contribution is 5.91. The molecule has 36 heavy (non-hydrogen) atoms. The smallest absolute Gasteiger partial charge is 0.302 e. The first-order valence-corrected chi connectivity index (χ1v) is 15.3. The number of fused-ring (bicyclic) bond motifs is 5. The summed E-state index contributed by atoms with van der Waals surface area (Å²) >= 11 is 0. The van der Waals surface area contributed by atoms with Gasteiger partial charge in [0, 0.05) is 25.4 Å². The van der Waals surface area contributed by atoms with Crippen molar-refractivity contribution < 1.29 is 19.4 Å². The maximum absolute atomic E-state index is 12.4. The first-order valence-electron chi connectivity index (χ1n) is 15.3. The van der Waals surface area contributed by atoms with Crippen LogP contribution in [-0.2, 0) is 14.3 Å². The first kappa shape index (κ1) is 27.9. The fourth-order valence-corrected chi connectivity index (χ4v) is 9.10. The summed E-state index contributed by atoms with van der Waals surface area (Å²) in [5.41, 5.74) is 1.76. The van der Waals surface area contributed by atoms with Crippen LogP contribution in [-0.4, -0.2) is 29.6 Å². The highest BCUT2D eigenvalue weighted by Gasteiger charge is 2.61. The Morgan fingerprint density at radius 3 is 2.28 bits per heavy atom. The summed E-state index contributed by atoms with van der Waals surface area (Å²) in [5.74, 6) is 2.89. The molecule has 0 bridgehead atoms. The van der Waals surface area contributed by atoms with Gasteiger partial charge in [-0.2, -0.15) is 0 Å². The minimum Gasteiger partial charge on any atom is -0.462 e. The normalized spacial score (nSPS) is 37.6. The van der Waals surface area contributed by atoms with Gasteiger partial charge in [-0.1, -0.05) is 70.8 Å². The Labute approximate surface area is 220 Å². The van der Waals surface area contributed by atoms with Crippen LogP contribution in [0.25, 0.3) is 0 Å². The van der Waals surface area contributed by atoms with E-state index in [4.69, 9.17) is 9.84 Å². The number of aliphatic hydroxyl groups is 1. The standard InChI is InChI=1S/C32H52O4/c1-23(34)36-29-15-14-27-30-24(13-11-9-7-5-4-6-8-10-12-20-33)21-25-22-26(35)16-18-31(25,2)28(30)17-19-32(27,29)3/h22,24,27-30,33H,4-21H2,1-3H3/t24-,27-,28-,29-,30-,31-,32-/m0/s1. The quantitative estimate of drug-likeness (QED) is 0.222. The molecule has 0 radical (unpaired) electrons. The number of ketones is 1. The topological polar surface area (TPSA) is 63.6 Å². The number of allylic oxidation sites excluding steroid dienone is 1. The third-order valence-electron chi connectivity index (χ3n) is 11.1. The van der Waals surface area contributed by atoms with Gasteiger partial charge in [-0.05, 0) is 86.5 Å². The van der Waals surface area contributed by atoms with Gasteiger partial charge < -0.3 is 9.84 Å². The Kier molecular flexibility index (Phi) is 9.39. The number of carbonyl (C=O) groups excluding carboxylic acids is 2. The Balaban J connectivity index is 1.40. The molecule has 0 aromatic heterocycles. The number of rotatable bonds is 12. The molecule has 4 nitrogen and oxygen atoms in total. The van der Waals surface area contributed by atoms with Crippen molar-refractivity contribution in [2.45, 2.75) is 136 Å². The molecule has 0 unspecified atom stereocenters. The minimum absolute atomic E-state index is 0.0802. The molecule has 4 aliphatic rings. The number of aliphatic hydroxyl groups excluding tert-OH is 1. The average molecular weight is 501 g/mol. The molecule has 0 amide bonds. The van der Waals surface area contributed by atoms with Gasteiger partial charge in [-0.3, -0.25) is 9.59 Å². The second-order valence-electron chi connectivity index (χ2n) is 13.2. The van der Waals surface area contributed by atoms with Gasteiger partial charge in [0.1, 0.15) is 6.10 Å². The molecule has 7 atom stereocenters. The molecular weight excluding hydrogens is 448 g/mol. The predicted molar refractivity (Wildman–Crippen MR) is 144 cm³/mol. The van der Waals surface area contributed by atoms with E-state index in [1.165, 1.54) is 69.8 Å². The molecule has 0 heterocycles. The maximum atomic E-state index is 12.4. The van der Waals surface area contributed by atoms with Gasteiger partial charge >= 0.3 is 5.97 Å². The van der Waals surface area contributed by atoms with Gasteiger partial charge in [0.05, 0.1) is 0 Å². The Bertz CT molecular complexity index is 802. The lowest BCUT2D eigenvalue weighted by atomic mass is 9.44. The number of hydrogen-bond acceptors (Lipinski definition) is 4. The third kappa shape index (κ3) is 5.79. The zero-order valence-electron chi connectivity index (χ0n) is 23.4. The lowest BCUT2D eigenvalue weighted by Crippen LogP contribution is -2.54. The molecule has 4 rings (SSSR count). The minimum atomic E-state index is -0.124. The molecule has 4 aliphatic carbocycles. The van der Waals surface area contributed by atoms with Gasteiger partial charge in [-0.25, -0.2) is 0 Å². The summed E-state index contributed by atoms with van der Waals surface area (Å²) < 4.78 is 5.90. The van der Waals surface area contributed by atoms with Gasteiger partial charge in [0.25, 0.3) is 0 Å². The monoisotopic (exact) mass is 500 g/mol. The highest BCUT2D eigenvalue weighted by Crippen LogP contribution is 2.67. The van der Waals surface area contributed by atoms with Crippen LogP contribution in [0.4, 0.5) is 0 Å². The van der Waals surface area contributed by atoms with Crippen molar-refractivity contribution in [1.29, 1.82) is 0 Å². The number of esters is 1. The van der Waals surface area contributed by atoms with E-state index in [0.29, 0.717) is 42.5 Å². The van der Waals surface area contributed by atoms with Crippen molar-refractivity contribution in [2.24, 2.45) is 34.5 Å². The molecular formula is C32H52O4. The lowest BCUT2D eigenvalue weighted by Gasteiger charge is -2.60. The maximum Gasteiger partial charge on any atom is 0.302 e. The molecule has 0 aromatic rings. The van der Waals surface area contributed by atoms with Crippen LogP contribution in [0.2, 0.25) is 0 Å². The largest absolute Gasteiger partial charge is 0.462 e. The lowest BCUT2D eigenvalue weighted by molar-refractivity contribution is -0.159. The fourth-order valence-electron chi connectivity index (χ4n) is 9.10. The Hall–Kier alpha value is -1.16. The van der Waals surface area contributed by atoms with Gasteiger partial charge in [0.15, 0.2) is 5.78 Å². The summed E-state index contributed by atoms with van der Waals surface area (Å²) in [7, 11) is 0. The molecule has 204 valence electrons. The van der Waals surface area contributed by atoms with Crippen LogP contribution in [0.3, 0.4) is 0 Å². The predicted octanol–water partition coefficient (Wildman–Crippen LogP) is 7.57. The summed E-state index contributed by atoms with van der Waals surface area (Å²) in [4.78, 5) is 24.3. The first-order chi connectivity index (χ1) is 17.3. The van der Waals surface area contributed by atoms with E-state index in [1.807, 2.05) is 6.08 Å². The van der Waals surface area contributed by atoms with Crippen molar-refractivity contribution in [3.05, 3.63) is 11.6 Å². The summed E-state index contributed by atoms with van der Waals surface area (Å²) in [6, 6.07) is 0. The zero-order chi connectivity index (χ0) is 25.8. The van der Waals surface area contributed by atoms with Crippen molar-refractivity contribution in [3.8, 4) is 0 Å². The van der Waals surface area contributed by atoms with E-state index in [0.717, 1.165) is 38.5 Å². The Morgan fingerprint density at radius 2 is 1.61 bits per heavy atom. The van der Waals surface area contributed by atoms with Crippen molar-refractivity contribution in [2.75, 3.05) is 6.61 Å². The van der Waals surface area contributed by atoms with Gasteiger partial charge in [-0.15, -0.1) is 0 Å². The van der Waals surface area contributed by atoms with Crippen molar-refractivity contribution >= 4 is 11.8 Å². The number of hydrogen-bond donors (Lipinski definition) is 1. The fraction of sp³-hybridized carbons (Fsp3) is 0.875. The van der Waals surface area contributed by atoms with Crippen LogP contribution in [0.5, 0.6) is 0 Å². The Morgan fingerprint density at radius 1 is 0.944 bits per heavy atom.